The highest BCUT2D eigenvalue weighted by Crippen LogP contribution is 2.35. The number of halogens is 4. The van der Waals surface area contributed by atoms with Crippen molar-refractivity contribution in [2.75, 3.05) is 0 Å². The van der Waals surface area contributed by atoms with Gasteiger partial charge < -0.3 is 9.52 Å². The first-order valence-corrected chi connectivity index (χ1v) is 4.76. The molecule has 8 heteroatoms. The minimum Gasteiger partial charge on any atom is -0.476 e. The van der Waals surface area contributed by atoms with Crippen LogP contribution in [0, 0.1) is 0 Å². The fourth-order valence-corrected chi connectivity index (χ4v) is 1.36. The lowest BCUT2D eigenvalue weighted by atomic mass is 10.2. The van der Waals surface area contributed by atoms with Crippen LogP contribution in [0.4, 0.5) is 13.2 Å². The van der Waals surface area contributed by atoms with Crippen LogP contribution in [0.2, 0.25) is 0 Å². The molecule has 1 aromatic heterocycles. The van der Waals surface area contributed by atoms with Gasteiger partial charge in [-0.2, -0.15) is 13.2 Å². The van der Waals surface area contributed by atoms with Crippen LogP contribution in [0.1, 0.15) is 16.2 Å². The number of carboxylic acids is 1. The average Bonchev–Trinajstić information content (AvgIpc) is 2.74. The second kappa shape index (κ2) is 5.31. The molecule has 0 saturated carbocycles. The van der Waals surface area contributed by atoms with Gasteiger partial charge in [-0.15, -0.1) is 12.4 Å². The highest BCUT2D eigenvalue weighted by atomic mass is 35.5. The van der Waals surface area contributed by atoms with E-state index in [1.807, 2.05) is 0 Å². The first-order chi connectivity index (χ1) is 8.39. The number of aromatic nitrogens is 1. The summed E-state index contributed by atoms with van der Waals surface area (Å²) in [7, 11) is 0. The fourth-order valence-electron chi connectivity index (χ4n) is 1.36. The molecule has 4 nitrogen and oxygen atoms in total. The molecule has 19 heavy (non-hydrogen) atoms. The number of carboxylic acid groups (broad SMARTS) is 1. The van der Waals surface area contributed by atoms with E-state index < -0.39 is 23.6 Å². The Morgan fingerprint density at radius 3 is 2.21 bits per heavy atom. The second-order valence-electron chi connectivity index (χ2n) is 3.37. The van der Waals surface area contributed by atoms with Crippen molar-refractivity contribution >= 4 is 18.4 Å². The van der Waals surface area contributed by atoms with Crippen molar-refractivity contribution < 1.29 is 27.5 Å². The highest BCUT2D eigenvalue weighted by molar-refractivity contribution is 5.87. The third-order valence-corrected chi connectivity index (χ3v) is 2.11. The summed E-state index contributed by atoms with van der Waals surface area (Å²) in [5.41, 5.74) is -0.864. The van der Waals surface area contributed by atoms with Gasteiger partial charge in [0.15, 0.2) is 5.69 Å². The van der Waals surface area contributed by atoms with Crippen molar-refractivity contribution in [2.24, 2.45) is 0 Å². The summed E-state index contributed by atoms with van der Waals surface area (Å²) in [6.07, 6.45) is -4.90. The molecule has 2 aromatic rings. The number of nitrogens with zero attached hydrogens (tertiary/aromatic N) is 1. The van der Waals surface area contributed by atoms with Gasteiger partial charge in [0.05, 0.1) is 0 Å². The molecule has 0 aliphatic heterocycles. The van der Waals surface area contributed by atoms with Crippen LogP contribution in [-0.4, -0.2) is 16.1 Å². The summed E-state index contributed by atoms with van der Waals surface area (Å²) in [6, 6.07) is 7.75. The molecule has 0 spiro atoms. The standard InChI is InChI=1S/C11H6F3NO3.ClH/c12-11(13,14)8-7(10(16)17)15-9(18-8)6-4-2-1-3-5-6;/h1-5H,(H,16,17);1H. The molecule has 1 heterocycles. The van der Waals surface area contributed by atoms with Crippen molar-refractivity contribution in [3.8, 4) is 11.5 Å². The Labute approximate surface area is 111 Å². The van der Waals surface area contributed by atoms with Crippen LogP contribution in [0.15, 0.2) is 34.7 Å². The lowest BCUT2D eigenvalue weighted by Crippen LogP contribution is -2.10. The van der Waals surface area contributed by atoms with E-state index in [0.29, 0.717) is 0 Å². The minimum absolute atomic E-state index is 0. The molecule has 0 aliphatic rings. The van der Waals surface area contributed by atoms with E-state index in [4.69, 9.17) is 5.11 Å². The third kappa shape index (κ3) is 3.05. The largest absolute Gasteiger partial charge is 0.476 e. The molecule has 0 atom stereocenters. The number of oxazole rings is 1. The van der Waals surface area contributed by atoms with Crippen molar-refractivity contribution in [1.82, 2.24) is 4.98 Å². The van der Waals surface area contributed by atoms with E-state index in [9.17, 15) is 18.0 Å². The molecule has 0 fully saturated rings. The molecular formula is C11H7ClF3NO3. The van der Waals surface area contributed by atoms with Gasteiger partial charge in [0, 0.05) is 5.56 Å². The summed E-state index contributed by atoms with van der Waals surface area (Å²) in [6.45, 7) is 0. The molecular weight excluding hydrogens is 287 g/mol. The molecule has 1 aromatic carbocycles. The van der Waals surface area contributed by atoms with E-state index in [-0.39, 0.29) is 23.9 Å². The number of benzene rings is 1. The number of aromatic carboxylic acids is 1. The second-order valence-corrected chi connectivity index (χ2v) is 3.37. The van der Waals surface area contributed by atoms with Crippen LogP contribution in [0.5, 0.6) is 0 Å². The van der Waals surface area contributed by atoms with Crippen molar-refractivity contribution in [2.45, 2.75) is 6.18 Å². The van der Waals surface area contributed by atoms with Crippen LogP contribution in [0.3, 0.4) is 0 Å². The minimum atomic E-state index is -4.90. The fraction of sp³-hybridized carbons (Fsp3) is 0.0909. The van der Waals surface area contributed by atoms with E-state index in [0.717, 1.165) is 0 Å². The van der Waals surface area contributed by atoms with Gasteiger partial charge in [-0.05, 0) is 12.1 Å². The predicted molar refractivity (Wildman–Crippen MR) is 61.1 cm³/mol. The normalized spacial score (nSPS) is 10.9. The van der Waals surface area contributed by atoms with Crippen LogP contribution >= 0.6 is 12.4 Å². The smallest absolute Gasteiger partial charge is 0.452 e. The zero-order chi connectivity index (χ0) is 13.3. The third-order valence-electron chi connectivity index (χ3n) is 2.11. The maximum Gasteiger partial charge on any atom is 0.452 e. The number of hydrogen-bond donors (Lipinski definition) is 1. The van der Waals surface area contributed by atoms with E-state index in [2.05, 4.69) is 9.40 Å². The van der Waals surface area contributed by atoms with E-state index in [1.54, 1.807) is 18.2 Å². The number of alkyl halides is 3. The van der Waals surface area contributed by atoms with Crippen LogP contribution in [-0.2, 0) is 6.18 Å². The van der Waals surface area contributed by atoms with Crippen molar-refractivity contribution in [3.63, 3.8) is 0 Å². The average molecular weight is 294 g/mol. The summed E-state index contributed by atoms with van der Waals surface area (Å²) < 4.78 is 42.1. The van der Waals surface area contributed by atoms with Gasteiger partial charge in [0.1, 0.15) is 0 Å². The maximum absolute atomic E-state index is 12.5. The Balaban J connectivity index is 0.00000180. The lowest BCUT2D eigenvalue weighted by molar-refractivity contribution is -0.153. The monoisotopic (exact) mass is 293 g/mol. The molecule has 1 N–H and O–H groups in total. The Morgan fingerprint density at radius 1 is 1.21 bits per heavy atom. The van der Waals surface area contributed by atoms with E-state index in [1.165, 1.54) is 12.1 Å². The Kier molecular flexibility index (Phi) is 4.21. The lowest BCUT2D eigenvalue weighted by Gasteiger charge is -2.01. The Morgan fingerprint density at radius 2 is 1.79 bits per heavy atom. The molecule has 0 amide bonds. The summed E-state index contributed by atoms with van der Waals surface area (Å²) >= 11 is 0. The summed E-state index contributed by atoms with van der Waals surface area (Å²) in [5.74, 6) is -3.76. The van der Waals surface area contributed by atoms with Gasteiger partial charge in [0.2, 0.25) is 11.7 Å². The van der Waals surface area contributed by atoms with Crippen molar-refractivity contribution in [1.29, 1.82) is 0 Å². The quantitative estimate of drug-likeness (QED) is 0.920. The van der Waals surface area contributed by atoms with Gasteiger partial charge >= 0.3 is 12.1 Å². The van der Waals surface area contributed by atoms with Crippen LogP contribution in [0.25, 0.3) is 11.5 Å². The van der Waals surface area contributed by atoms with Gasteiger partial charge in [-0.3, -0.25) is 0 Å². The number of carbonyl (C=O) groups is 1. The Bertz CT molecular complexity index is 581. The molecule has 0 bridgehead atoms. The number of hydrogen-bond acceptors (Lipinski definition) is 3. The van der Waals surface area contributed by atoms with E-state index >= 15 is 0 Å². The molecule has 0 saturated heterocycles. The topological polar surface area (TPSA) is 63.3 Å². The zero-order valence-electron chi connectivity index (χ0n) is 9.14. The predicted octanol–water partition coefficient (Wildman–Crippen LogP) is 3.48. The number of rotatable bonds is 2. The van der Waals surface area contributed by atoms with Crippen LogP contribution < -0.4 is 0 Å². The van der Waals surface area contributed by atoms with Crippen molar-refractivity contribution in [3.05, 3.63) is 41.8 Å². The summed E-state index contributed by atoms with van der Waals surface area (Å²) in [5, 5.41) is 8.67. The molecule has 0 aliphatic carbocycles. The molecule has 2 rings (SSSR count). The van der Waals surface area contributed by atoms with Gasteiger partial charge in [-0.1, -0.05) is 18.2 Å². The van der Waals surface area contributed by atoms with Gasteiger partial charge in [0.25, 0.3) is 0 Å². The molecule has 0 unspecified atom stereocenters. The zero-order valence-corrected chi connectivity index (χ0v) is 9.96. The molecule has 102 valence electrons. The summed E-state index contributed by atoms with van der Waals surface area (Å²) in [4.78, 5) is 14.1. The molecule has 0 radical (unpaired) electrons. The van der Waals surface area contributed by atoms with Gasteiger partial charge in [-0.25, -0.2) is 9.78 Å². The Hall–Kier alpha value is -2.02. The first-order valence-electron chi connectivity index (χ1n) is 4.76. The highest BCUT2D eigenvalue weighted by Gasteiger charge is 2.41. The first kappa shape index (κ1) is 15.0. The maximum atomic E-state index is 12.5. The SMILES string of the molecule is Cl.O=C(O)c1nc(-c2ccccc2)oc1C(F)(F)F.